The molecule has 1 aromatic rings. The molecular weight excluding hydrogens is 242 g/mol. The quantitative estimate of drug-likeness (QED) is 0.817. The molecule has 3 N–H and O–H groups in total. The Morgan fingerprint density at radius 3 is 2.65 bits per heavy atom. The Labute approximate surface area is 101 Å². The highest BCUT2D eigenvalue weighted by Crippen LogP contribution is 2.29. The molecule has 0 fully saturated rings. The fourth-order valence-electron chi connectivity index (χ4n) is 1.45. The summed E-state index contributed by atoms with van der Waals surface area (Å²) in [5.74, 6) is 0.194. The van der Waals surface area contributed by atoms with Crippen molar-refractivity contribution in [2.45, 2.75) is 13.0 Å². The van der Waals surface area contributed by atoms with Crippen LogP contribution in [0.15, 0.2) is 18.2 Å². The molecule has 0 saturated heterocycles. The molecule has 0 amide bonds. The van der Waals surface area contributed by atoms with Gasteiger partial charge in [0.05, 0.1) is 12.4 Å². The molecule has 1 aromatic carbocycles. The smallest absolute Gasteiger partial charge is 0.161 e. The SMILES string of the molecule is CCOc1cc([C@H](N)CS(C)(=O)=O)ccc1O. The Morgan fingerprint density at radius 2 is 2.12 bits per heavy atom. The van der Waals surface area contributed by atoms with Crippen molar-refractivity contribution in [2.24, 2.45) is 5.73 Å². The molecule has 0 unspecified atom stereocenters. The van der Waals surface area contributed by atoms with Crippen molar-refractivity contribution in [3.05, 3.63) is 23.8 Å². The first-order chi connectivity index (χ1) is 7.83. The van der Waals surface area contributed by atoms with Gasteiger partial charge in [-0.1, -0.05) is 6.07 Å². The zero-order valence-corrected chi connectivity index (χ0v) is 10.7. The maximum Gasteiger partial charge on any atom is 0.161 e. The topological polar surface area (TPSA) is 89.6 Å². The normalized spacial score (nSPS) is 13.4. The summed E-state index contributed by atoms with van der Waals surface area (Å²) < 4.78 is 27.5. The van der Waals surface area contributed by atoms with Gasteiger partial charge in [0.25, 0.3) is 0 Å². The van der Waals surface area contributed by atoms with E-state index >= 15 is 0 Å². The third-order valence-corrected chi connectivity index (χ3v) is 3.16. The molecule has 6 heteroatoms. The van der Waals surface area contributed by atoms with Gasteiger partial charge in [-0.05, 0) is 24.6 Å². The molecule has 0 bridgehead atoms. The van der Waals surface area contributed by atoms with Crippen LogP contribution in [0.2, 0.25) is 0 Å². The van der Waals surface area contributed by atoms with Crippen molar-refractivity contribution in [1.29, 1.82) is 0 Å². The summed E-state index contributed by atoms with van der Waals surface area (Å²) in [6.07, 6.45) is 1.14. The van der Waals surface area contributed by atoms with Crippen LogP contribution < -0.4 is 10.5 Å². The minimum atomic E-state index is -3.14. The van der Waals surface area contributed by atoms with Gasteiger partial charge in [-0.3, -0.25) is 0 Å². The van der Waals surface area contributed by atoms with Gasteiger partial charge in [0.15, 0.2) is 11.5 Å². The van der Waals surface area contributed by atoms with Crippen LogP contribution in [-0.2, 0) is 9.84 Å². The summed E-state index contributed by atoms with van der Waals surface area (Å²) in [4.78, 5) is 0. The molecule has 0 aliphatic carbocycles. The lowest BCUT2D eigenvalue weighted by Gasteiger charge is -2.13. The predicted octanol–water partition coefficient (Wildman–Crippen LogP) is 0.835. The Morgan fingerprint density at radius 1 is 1.47 bits per heavy atom. The van der Waals surface area contributed by atoms with Gasteiger partial charge >= 0.3 is 0 Å². The lowest BCUT2D eigenvalue weighted by Crippen LogP contribution is -2.20. The van der Waals surface area contributed by atoms with Gasteiger partial charge in [-0.2, -0.15) is 0 Å². The molecule has 5 nitrogen and oxygen atoms in total. The average Bonchev–Trinajstić information content (AvgIpc) is 2.19. The molecule has 1 atom stereocenters. The van der Waals surface area contributed by atoms with Crippen LogP contribution >= 0.6 is 0 Å². The maximum atomic E-state index is 11.1. The van der Waals surface area contributed by atoms with Crippen molar-refractivity contribution >= 4 is 9.84 Å². The highest BCUT2D eigenvalue weighted by atomic mass is 32.2. The second-order valence-corrected chi connectivity index (χ2v) is 6.04. The molecule has 0 radical (unpaired) electrons. The highest BCUT2D eigenvalue weighted by Gasteiger charge is 2.15. The van der Waals surface area contributed by atoms with E-state index in [0.29, 0.717) is 17.9 Å². The largest absolute Gasteiger partial charge is 0.504 e. The summed E-state index contributed by atoms with van der Waals surface area (Å²) >= 11 is 0. The minimum absolute atomic E-state index is 0.0159. The zero-order chi connectivity index (χ0) is 13.1. The van der Waals surface area contributed by atoms with Gasteiger partial charge in [0, 0.05) is 12.3 Å². The van der Waals surface area contributed by atoms with Crippen molar-refractivity contribution in [2.75, 3.05) is 18.6 Å². The summed E-state index contributed by atoms with van der Waals surface area (Å²) in [6.45, 7) is 2.21. The predicted molar refractivity (Wildman–Crippen MR) is 65.9 cm³/mol. The van der Waals surface area contributed by atoms with Crippen molar-refractivity contribution in [3.8, 4) is 11.5 Å². The molecule has 0 heterocycles. The maximum absolute atomic E-state index is 11.1. The number of ether oxygens (including phenoxy) is 1. The molecule has 0 aliphatic heterocycles. The van der Waals surface area contributed by atoms with Crippen LogP contribution in [0.3, 0.4) is 0 Å². The van der Waals surface area contributed by atoms with E-state index in [1.165, 1.54) is 6.07 Å². The molecule has 0 aliphatic rings. The molecule has 17 heavy (non-hydrogen) atoms. The van der Waals surface area contributed by atoms with E-state index < -0.39 is 15.9 Å². The number of nitrogens with two attached hydrogens (primary N) is 1. The van der Waals surface area contributed by atoms with Crippen LogP contribution in [0, 0.1) is 0 Å². The second-order valence-electron chi connectivity index (χ2n) is 3.86. The lowest BCUT2D eigenvalue weighted by molar-refractivity contribution is 0.317. The standard InChI is InChI=1S/C11H17NO4S/c1-3-16-11-6-8(4-5-10(11)13)9(12)7-17(2,14)15/h4-6,9,13H,3,7,12H2,1-2H3/t9-/m1/s1. The lowest BCUT2D eigenvalue weighted by atomic mass is 10.1. The number of sulfone groups is 1. The molecule has 0 spiro atoms. The molecular formula is C11H17NO4S. The number of benzene rings is 1. The summed E-state index contributed by atoms with van der Waals surface area (Å²) in [5, 5.41) is 9.50. The van der Waals surface area contributed by atoms with Gasteiger partial charge in [-0.25, -0.2) is 8.42 Å². The Bertz CT molecular complexity index is 484. The molecule has 96 valence electrons. The third kappa shape index (κ3) is 4.24. The number of hydrogen-bond donors (Lipinski definition) is 2. The van der Waals surface area contributed by atoms with E-state index in [0.717, 1.165) is 6.26 Å². The van der Waals surface area contributed by atoms with Crippen LogP contribution in [0.25, 0.3) is 0 Å². The Kier molecular flexibility index (Phi) is 4.36. The number of hydrogen-bond acceptors (Lipinski definition) is 5. The zero-order valence-electron chi connectivity index (χ0n) is 9.88. The van der Waals surface area contributed by atoms with Crippen molar-refractivity contribution in [1.82, 2.24) is 0 Å². The number of phenolic OH excluding ortho intramolecular Hbond substituents is 1. The first-order valence-corrected chi connectivity index (χ1v) is 7.28. The van der Waals surface area contributed by atoms with E-state index in [1.54, 1.807) is 19.1 Å². The molecule has 1 rings (SSSR count). The summed E-state index contributed by atoms with van der Waals surface area (Å²) in [7, 11) is -3.14. The first kappa shape index (κ1) is 13.8. The summed E-state index contributed by atoms with van der Waals surface area (Å²) in [6, 6.07) is 3.98. The Balaban J connectivity index is 2.95. The van der Waals surface area contributed by atoms with E-state index in [1.807, 2.05) is 0 Å². The average molecular weight is 259 g/mol. The number of aromatic hydroxyl groups is 1. The highest BCUT2D eigenvalue weighted by molar-refractivity contribution is 7.90. The van der Waals surface area contributed by atoms with Crippen molar-refractivity contribution < 1.29 is 18.3 Å². The van der Waals surface area contributed by atoms with Crippen LogP contribution in [0.4, 0.5) is 0 Å². The van der Waals surface area contributed by atoms with Gasteiger partial charge in [0.2, 0.25) is 0 Å². The van der Waals surface area contributed by atoms with Gasteiger partial charge < -0.3 is 15.6 Å². The van der Waals surface area contributed by atoms with Crippen LogP contribution in [-0.4, -0.2) is 32.1 Å². The van der Waals surface area contributed by atoms with Crippen LogP contribution in [0.1, 0.15) is 18.5 Å². The third-order valence-electron chi connectivity index (χ3n) is 2.19. The van der Waals surface area contributed by atoms with Gasteiger partial charge in [-0.15, -0.1) is 0 Å². The molecule has 0 saturated carbocycles. The monoisotopic (exact) mass is 259 g/mol. The fourth-order valence-corrected chi connectivity index (χ4v) is 2.30. The Hall–Kier alpha value is -1.27. The van der Waals surface area contributed by atoms with E-state index in [-0.39, 0.29) is 11.5 Å². The van der Waals surface area contributed by atoms with Crippen LogP contribution in [0.5, 0.6) is 11.5 Å². The van der Waals surface area contributed by atoms with E-state index in [4.69, 9.17) is 10.5 Å². The van der Waals surface area contributed by atoms with Gasteiger partial charge in [0.1, 0.15) is 9.84 Å². The number of phenols is 1. The molecule has 0 aromatic heterocycles. The van der Waals surface area contributed by atoms with Crippen molar-refractivity contribution in [3.63, 3.8) is 0 Å². The second kappa shape index (κ2) is 5.37. The first-order valence-electron chi connectivity index (χ1n) is 5.22. The minimum Gasteiger partial charge on any atom is -0.504 e. The fraction of sp³-hybridized carbons (Fsp3) is 0.455. The van der Waals surface area contributed by atoms with E-state index in [2.05, 4.69) is 0 Å². The number of rotatable bonds is 5. The van der Waals surface area contributed by atoms with E-state index in [9.17, 15) is 13.5 Å². The summed E-state index contributed by atoms with van der Waals surface area (Å²) in [5.41, 5.74) is 6.40.